The summed E-state index contributed by atoms with van der Waals surface area (Å²) in [5.41, 5.74) is 0.530. The highest BCUT2D eigenvalue weighted by molar-refractivity contribution is 9.10. The van der Waals surface area contributed by atoms with Gasteiger partial charge >= 0.3 is 0 Å². The Kier molecular flexibility index (Phi) is 3.06. The molecule has 0 aromatic heterocycles. The van der Waals surface area contributed by atoms with Gasteiger partial charge in [0, 0.05) is 11.6 Å². The van der Waals surface area contributed by atoms with E-state index in [0.29, 0.717) is 27.9 Å². The highest BCUT2D eigenvalue weighted by Crippen LogP contribution is 2.44. The van der Waals surface area contributed by atoms with Crippen molar-refractivity contribution in [3.63, 3.8) is 0 Å². The molecule has 2 N–H and O–H groups in total. The molecular weight excluding hydrogens is 294 g/mol. The van der Waals surface area contributed by atoms with E-state index in [-0.39, 0.29) is 11.7 Å². The summed E-state index contributed by atoms with van der Waals surface area (Å²) >= 11 is 3.21. The van der Waals surface area contributed by atoms with E-state index in [4.69, 9.17) is 0 Å². The molecule has 1 amide bonds. The summed E-state index contributed by atoms with van der Waals surface area (Å²) in [4.78, 5) is 12.1. The Morgan fingerprint density at radius 3 is 2.39 bits per heavy atom. The number of phenolic OH excluding ortho intramolecular Hbond substituents is 1. The molecule has 2 saturated carbocycles. The molecule has 2 aliphatic rings. The SMILES string of the molecule is O=C(NC(C1CC1)C1CC1)c1ccc(Br)c(O)c1. The first kappa shape index (κ1) is 12.0. The number of phenols is 1. The van der Waals surface area contributed by atoms with Crippen molar-refractivity contribution in [3.05, 3.63) is 28.2 Å². The van der Waals surface area contributed by atoms with Gasteiger partial charge in [-0.1, -0.05) is 0 Å². The van der Waals surface area contributed by atoms with Gasteiger partial charge in [-0.2, -0.15) is 0 Å². The number of amides is 1. The monoisotopic (exact) mass is 309 g/mol. The zero-order valence-corrected chi connectivity index (χ0v) is 11.6. The lowest BCUT2D eigenvalue weighted by Gasteiger charge is -2.17. The minimum atomic E-state index is -0.0680. The fourth-order valence-electron chi connectivity index (χ4n) is 2.42. The molecule has 96 valence electrons. The smallest absolute Gasteiger partial charge is 0.251 e. The van der Waals surface area contributed by atoms with Crippen LogP contribution < -0.4 is 5.32 Å². The van der Waals surface area contributed by atoms with Gasteiger partial charge in [0.05, 0.1) is 4.47 Å². The van der Waals surface area contributed by atoms with Gasteiger partial charge in [0.2, 0.25) is 0 Å². The quantitative estimate of drug-likeness (QED) is 0.898. The molecule has 0 radical (unpaired) electrons. The molecule has 1 aromatic carbocycles. The van der Waals surface area contributed by atoms with E-state index in [1.54, 1.807) is 12.1 Å². The maximum absolute atomic E-state index is 12.1. The molecule has 18 heavy (non-hydrogen) atoms. The summed E-state index contributed by atoms with van der Waals surface area (Å²) < 4.78 is 0.611. The third kappa shape index (κ3) is 2.53. The van der Waals surface area contributed by atoms with E-state index in [0.717, 1.165) is 0 Å². The van der Waals surface area contributed by atoms with Gasteiger partial charge in [0.15, 0.2) is 0 Å². The first-order valence-electron chi connectivity index (χ1n) is 6.44. The van der Waals surface area contributed by atoms with Crippen LogP contribution in [0.4, 0.5) is 0 Å². The zero-order chi connectivity index (χ0) is 12.7. The predicted molar refractivity (Wildman–Crippen MR) is 72.5 cm³/mol. The van der Waals surface area contributed by atoms with Crippen molar-refractivity contribution in [1.82, 2.24) is 5.32 Å². The second-order valence-corrected chi connectivity index (χ2v) is 6.19. The average Bonchev–Trinajstić information content (AvgIpc) is 3.22. The molecule has 0 heterocycles. The topological polar surface area (TPSA) is 49.3 Å². The number of carbonyl (C=O) groups excluding carboxylic acids is 1. The van der Waals surface area contributed by atoms with Crippen LogP contribution in [0.3, 0.4) is 0 Å². The fourth-order valence-corrected chi connectivity index (χ4v) is 2.67. The van der Waals surface area contributed by atoms with Gasteiger partial charge in [0.1, 0.15) is 5.75 Å². The summed E-state index contributed by atoms with van der Waals surface area (Å²) in [5.74, 6) is 1.41. The fraction of sp³-hybridized carbons (Fsp3) is 0.500. The number of hydrogen-bond acceptors (Lipinski definition) is 2. The van der Waals surface area contributed by atoms with E-state index in [2.05, 4.69) is 21.2 Å². The molecule has 0 aliphatic heterocycles. The van der Waals surface area contributed by atoms with Gasteiger partial charge in [-0.3, -0.25) is 4.79 Å². The van der Waals surface area contributed by atoms with E-state index >= 15 is 0 Å². The molecule has 3 rings (SSSR count). The van der Waals surface area contributed by atoms with Crippen LogP contribution in [0.1, 0.15) is 36.0 Å². The maximum Gasteiger partial charge on any atom is 0.251 e. The van der Waals surface area contributed by atoms with Gasteiger partial charge in [-0.05, 0) is 71.6 Å². The number of hydrogen-bond donors (Lipinski definition) is 2. The minimum absolute atomic E-state index is 0.0680. The Balaban J connectivity index is 1.71. The standard InChI is InChI=1S/C14H16BrNO2/c15-11-6-5-10(7-12(11)17)14(18)16-13(8-1-2-8)9-3-4-9/h5-9,13,17H,1-4H2,(H,16,18). The highest BCUT2D eigenvalue weighted by Gasteiger charge is 2.42. The molecule has 0 spiro atoms. The van der Waals surface area contributed by atoms with Crippen LogP contribution in [0.2, 0.25) is 0 Å². The lowest BCUT2D eigenvalue weighted by Crippen LogP contribution is -2.38. The van der Waals surface area contributed by atoms with Crippen LogP contribution in [0.15, 0.2) is 22.7 Å². The van der Waals surface area contributed by atoms with Crippen molar-refractivity contribution in [3.8, 4) is 5.75 Å². The number of aromatic hydroxyl groups is 1. The van der Waals surface area contributed by atoms with Gasteiger partial charge in [-0.25, -0.2) is 0 Å². The van der Waals surface area contributed by atoms with Crippen LogP contribution in [0, 0.1) is 11.8 Å². The van der Waals surface area contributed by atoms with Gasteiger partial charge < -0.3 is 10.4 Å². The molecule has 4 heteroatoms. The number of carbonyl (C=O) groups is 1. The number of halogens is 1. The summed E-state index contributed by atoms with van der Waals surface area (Å²) in [5, 5.41) is 12.7. The Morgan fingerprint density at radius 1 is 1.28 bits per heavy atom. The summed E-state index contributed by atoms with van der Waals surface area (Å²) in [6.45, 7) is 0. The highest BCUT2D eigenvalue weighted by atomic mass is 79.9. The van der Waals surface area contributed by atoms with E-state index in [1.807, 2.05) is 0 Å². The minimum Gasteiger partial charge on any atom is -0.507 e. The molecule has 0 unspecified atom stereocenters. The molecule has 0 saturated heterocycles. The van der Waals surface area contributed by atoms with Crippen molar-refractivity contribution in [2.45, 2.75) is 31.7 Å². The molecular formula is C14H16BrNO2. The predicted octanol–water partition coefficient (Wildman–Crippen LogP) is 3.07. The molecule has 1 aromatic rings. The first-order chi connectivity index (χ1) is 8.65. The Bertz CT molecular complexity index is 469. The summed E-state index contributed by atoms with van der Waals surface area (Å²) in [6.07, 6.45) is 4.97. The maximum atomic E-state index is 12.1. The van der Waals surface area contributed by atoms with Crippen molar-refractivity contribution in [2.75, 3.05) is 0 Å². The van der Waals surface area contributed by atoms with E-state index in [1.165, 1.54) is 31.7 Å². The largest absolute Gasteiger partial charge is 0.507 e. The number of rotatable bonds is 4. The van der Waals surface area contributed by atoms with Crippen LogP contribution in [0.5, 0.6) is 5.75 Å². The van der Waals surface area contributed by atoms with Crippen molar-refractivity contribution < 1.29 is 9.90 Å². The van der Waals surface area contributed by atoms with Crippen molar-refractivity contribution in [1.29, 1.82) is 0 Å². The lowest BCUT2D eigenvalue weighted by atomic mass is 10.1. The first-order valence-corrected chi connectivity index (χ1v) is 7.24. The lowest BCUT2D eigenvalue weighted by molar-refractivity contribution is 0.0926. The molecule has 2 fully saturated rings. The third-order valence-electron chi connectivity index (χ3n) is 3.77. The summed E-state index contributed by atoms with van der Waals surface area (Å²) in [7, 11) is 0. The normalized spacial score (nSPS) is 19.0. The number of nitrogens with one attached hydrogen (secondary N) is 1. The second kappa shape index (κ2) is 4.57. The Morgan fingerprint density at radius 2 is 1.89 bits per heavy atom. The van der Waals surface area contributed by atoms with Crippen LogP contribution in [0.25, 0.3) is 0 Å². The second-order valence-electron chi connectivity index (χ2n) is 5.34. The number of benzene rings is 1. The molecule has 0 bridgehead atoms. The van der Waals surface area contributed by atoms with Crippen LogP contribution in [-0.4, -0.2) is 17.1 Å². The molecule has 0 atom stereocenters. The third-order valence-corrected chi connectivity index (χ3v) is 4.44. The van der Waals surface area contributed by atoms with Crippen LogP contribution in [-0.2, 0) is 0 Å². The molecule has 3 nitrogen and oxygen atoms in total. The van der Waals surface area contributed by atoms with Crippen molar-refractivity contribution in [2.24, 2.45) is 11.8 Å². The van der Waals surface area contributed by atoms with Gasteiger partial charge in [0.25, 0.3) is 5.91 Å². The Hall–Kier alpha value is -1.03. The Labute approximate surface area is 115 Å². The van der Waals surface area contributed by atoms with Gasteiger partial charge in [-0.15, -0.1) is 0 Å². The average molecular weight is 310 g/mol. The van der Waals surface area contributed by atoms with Crippen molar-refractivity contribution >= 4 is 21.8 Å². The van der Waals surface area contributed by atoms with E-state index in [9.17, 15) is 9.90 Å². The van der Waals surface area contributed by atoms with E-state index < -0.39 is 0 Å². The van der Waals surface area contributed by atoms with Crippen LogP contribution >= 0.6 is 15.9 Å². The zero-order valence-electron chi connectivity index (χ0n) is 10.0. The summed E-state index contributed by atoms with van der Waals surface area (Å²) in [6, 6.07) is 5.29. The molecule has 2 aliphatic carbocycles.